The maximum Gasteiger partial charge on any atom is 0.305 e. The van der Waals surface area contributed by atoms with Crippen molar-refractivity contribution in [2.45, 2.75) is 58.3 Å². The van der Waals surface area contributed by atoms with Crippen LogP contribution in [0.2, 0.25) is 0 Å². The van der Waals surface area contributed by atoms with Crippen LogP contribution in [0, 0.1) is 0 Å². The van der Waals surface area contributed by atoms with Crippen molar-refractivity contribution in [1.82, 2.24) is 10.3 Å². The first-order chi connectivity index (χ1) is 20.0. The lowest BCUT2D eigenvalue weighted by Crippen LogP contribution is -2.67. The standard InChI is InChI=1S/C30H30N2O10/c1-16(33)38-15-25-27(39-17(2)34)28(40-18(3)35)26(30(42-25)41-19(4)36)32-29(37)22-14-24(20-10-6-5-7-11-20)31-23-13-9-8-12-21(22)23/h5-14,25-28,30H,15H2,1-4H3,(H,32,37)/t25-,26-,27+,28+,30-/m0/s1. The first-order valence-electron chi connectivity index (χ1n) is 13.1. The van der Waals surface area contributed by atoms with Gasteiger partial charge in [0, 0.05) is 38.6 Å². The largest absolute Gasteiger partial charge is 0.463 e. The Kier molecular flexibility index (Phi) is 9.48. The lowest BCUT2D eigenvalue weighted by atomic mass is 9.95. The topological polar surface area (TPSA) is 156 Å². The summed E-state index contributed by atoms with van der Waals surface area (Å²) < 4.78 is 27.3. The number of hydrogen-bond acceptors (Lipinski definition) is 11. The SMILES string of the molecule is CC(=O)OC[C@@H]1O[C@H](OC(C)=O)[C@@H](NC(=O)c2cc(-c3ccccc3)nc3ccccc23)[C@@H](OC(C)=O)[C@@H]1OC(C)=O. The molecule has 1 fully saturated rings. The van der Waals surface area contributed by atoms with Gasteiger partial charge in [-0.25, -0.2) is 4.98 Å². The minimum atomic E-state index is -1.51. The third-order valence-electron chi connectivity index (χ3n) is 6.31. The molecule has 1 saturated heterocycles. The number of aromatic nitrogens is 1. The van der Waals surface area contributed by atoms with Gasteiger partial charge in [-0.15, -0.1) is 0 Å². The predicted octanol–water partition coefficient (Wildman–Crippen LogP) is 2.71. The summed E-state index contributed by atoms with van der Waals surface area (Å²) in [7, 11) is 0. The van der Waals surface area contributed by atoms with E-state index in [2.05, 4.69) is 5.32 Å². The number of rotatable bonds is 8. The Bertz CT molecular complexity index is 1490. The van der Waals surface area contributed by atoms with Crippen molar-refractivity contribution in [1.29, 1.82) is 0 Å². The van der Waals surface area contributed by atoms with Crippen LogP contribution in [0.5, 0.6) is 0 Å². The molecule has 1 N–H and O–H groups in total. The molecule has 1 amide bonds. The van der Waals surface area contributed by atoms with E-state index in [9.17, 15) is 24.0 Å². The fraction of sp³-hybridized carbons (Fsp3) is 0.333. The van der Waals surface area contributed by atoms with Crippen molar-refractivity contribution in [3.8, 4) is 11.3 Å². The molecule has 220 valence electrons. The molecule has 4 rings (SSSR count). The zero-order valence-corrected chi connectivity index (χ0v) is 23.4. The third-order valence-corrected chi connectivity index (χ3v) is 6.31. The molecule has 42 heavy (non-hydrogen) atoms. The maximum atomic E-state index is 13.9. The Labute approximate surface area is 241 Å². The van der Waals surface area contributed by atoms with E-state index in [1.54, 1.807) is 30.3 Å². The van der Waals surface area contributed by atoms with Crippen LogP contribution in [0.4, 0.5) is 0 Å². The van der Waals surface area contributed by atoms with Gasteiger partial charge in [-0.1, -0.05) is 48.5 Å². The zero-order chi connectivity index (χ0) is 30.4. The van der Waals surface area contributed by atoms with E-state index in [0.29, 0.717) is 16.6 Å². The van der Waals surface area contributed by atoms with Crippen LogP contribution in [0.15, 0.2) is 60.7 Å². The van der Waals surface area contributed by atoms with E-state index in [4.69, 9.17) is 28.7 Å². The number of carbonyl (C=O) groups excluding carboxylic acids is 5. The molecule has 5 atom stereocenters. The number of carbonyl (C=O) groups is 5. The smallest absolute Gasteiger partial charge is 0.305 e. The van der Waals surface area contributed by atoms with Crippen molar-refractivity contribution in [2.24, 2.45) is 0 Å². The minimum absolute atomic E-state index is 0.230. The number of fused-ring (bicyclic) bond motifs is 1. The molecule has 0 bridgehead atoms. The summed E-state index contributed by atoms with van der Waals surface area (Å²) in [6.45, 7) is 4.14. The average molecular weight is 579 g/mol. The van der Waals surface area contributed by atoms with Gasteiger partial charge in [0.25, 0.3) is 5.91 Å². The summed E-state index contributed by atoms with van der Waals surface area (Å²) in [5, 5.41) is 3.29. The number of para-hydroxylation sites is 1. The van der Waals surface area contributed by atoms with E-state index in [0.717, 1.165) is 26.3 Å². The van der Waals surface area contributed by atoms with Gasteiger partial charge in [-0.2, -0.15) is 0 Å². The zero-order valence-electron chi connectivity index (χ0n) is 23.4. The monoisotopic (exact) mass is 578 g/mol. The van der Waals surface area contributed by atoms with E-state index in [-0.39, 0.29) is 5.56 Å². The molecule has 1 aliphatic rings. The lowest BCUT2D eigenvalue weighted by molar-refractivity contribution is -0.270. The molecule has 2 heterocycles. The second-order valence-electron chi connectivity index (χ2n) is 9.54. The third kappa shape index (κ3) is 7.26. The molecule has 12 heteroatoms. The second-order valence-corrected chi connectivity index (χ2v) is 9.54. The van der Waals surface area contributed by atoms with E-state index < -0.39 is 67.0 Å². The molecule has 1 aromatic heterocycles. The van der Waals surface area contributed by atoms with Crippen LogP contribution in [0.25, 0.3) is 22.2 Å². The van der Waals surface area contributed by atoms with Gasteiger partial charge in [-0.05, 0) is 12.1 Å². The van der Waals surface area contributed by atoms with Crippen LogP contribution >= 0.6 is 0 Å². The average Bonchev–Trinajstić information content (AvgIpc) is 2.94. The molecule has 0 saturated carbocycles. The quantitative estimate of drug-likeness (QED) is 0.310. The van der Waals surface area contributed by atoms with E-state index in [1.807, 2.05) is 30.3 Å². The number of benzene rings is 2. The minimum Gasteiger partial charge on any atom is -0.463 e. The number of esters is 4. The first kappa shape index (κ1) is 30.1. The van der Waals surface area contributed by atoms with Crippen molar-refractivity contribution in [3.63, 3.8) is 0 Å². The lowest BCUT2D eigenvalue weighted by Gasteiger charge is -2.44. The molecular weight excluding hydrogens is 548 g/mol. The van der Waals surface area contributed by atoms with Crippen molar-refractivity contribution in [3.05, 3.63) is 66.2 Å². The summed E-state index contributed by atoms with van der Waals surface area (Å²) in [4.78, 5) is 66.5. The van der Waals surface area contributed by atoms with Crippen molar-refractivity contribution >= 4 is 40.7 Å². The number of ether oxygens (including phenoxy) is 5. The van der Waals surface area contributed by atoms with Gasteiger partial charge < -0.3 is 29.0 Å². The highest BCUT2D eigenvalue weighted by Gasteiger charge is 2.52. The second kappa shape index (κ2) is 13.2. The summed E-state index contributed by atoms with van der Waals surface area (Å²) in [5.41, 5.74) is 2.09. The summed E-state index contributed by atoms with van der Waals surface area (Å²) in [5.74, 6) is -3.57. The van der Waals surface area contributed by atoms with Gasteiger partial charge in [0.15, 0.2) is 12.2 Å². The van der Waals surface area contributed by atoms with Gasteiger partial charge in [0.05, 0.1) is 16.8 Å². The van der Waals surface area contributed by atoms with E-state index >= 15 is 0 Å². The predicted molar refractivity (Wildman–Crippen MR) is 147 cm³/mol. The molecule has 0 unspecified atom stereocenters. The van der Waals surface area contributed by atoms with Gasteiger partial charge in [0.1, 0.15) is 18.8 Å². The highest BCUT2D eigenvalue weighted by molar-refractivity contribution is 6.07. The van der Waals surface area contributed by atoms with Crippen molar-refractivity contribution < 1.29 is 47.7 Å². The van der Waals surface area contributed by atoms with E-state index in [1.165, 1.54) is 6.92 Å². The van der Waals surface area contributed by atoms with Gasteiger partial charge >= 0.3 is 23.9 Å². The molecule has 0 radical (unpaired) electrons. The number of nitrogens with zero attached hydrogens (tertiary/aromatic N) is 1. The Balaban J connectivity index is 1.78. The Morgan fingerprint density at radius 2 is 1.40 bits per heavy atom. The van der Waals surface area contributed by atoms with Crippen LogP contribution in [-0.4, -0.2) is 72.0 Å². The Morgan fingerprint density at radius 3 is 2.05 bits per heavy atom. The molecule has 0 spiro atoms. The highest BCUT2D eigenvalue weighted by atomic mass is 16.7. The summed E-state index contributed by atoms with van der Waals surface area (Å²) in [6.07, 6.45) is -5.44. The Hall–Kier alpha value is -4.84. The maximum absolute atomic E-state index is 13.9. The molecule has 12 nitrogen and oxygen atoms in total. The fourth-order valence-corrected chi connectivity index (χ4v) is 4.67. The van der Waals surface area contributed by atoms with Crippen LogP contribution in [0.3, 0.4) is 0 Å². The number of amides is 1. The number of pyridine rings is 1. The molecular formula is C30H30N2O10. The normalized spacial score (nSPS) is 21.6. The summed E-state index contributed by atoms with van der Waals surface area (Å²) >= 11 is 0. The Morgan fingerprint density at radius 1 is 0.786 bits per heavy atom. The van der Waals surface area contributed by atoms with Crippen LogP contribution < -0.4 is 5.32 Å². The molecule has 2 aromatic carbocycles. The highest BCUT2D eigenvalue weighted by Crippen LogP contribution is 2.30. The fourth-order valence-electron chi connectivity index (χ4n) is 4.67. The van der Waals surface area contributed by atoms with Crippen LogP contribution in [0.1, 0.15) is 38.1 Å². The number of hydrogen-bond donors (Lipinski definition) is 1. The molecule has 3 aromatic rings. The molecule has 1 aliphatic heterocycles. The number of nitrogens with one attached hydrogen (secondary N) is 1. The molecule has 0 aliphatic carbocycles. The first-order valence-corrected chi connectivity index (χ1v) is 13.1. The summed E-state index contributed by atoms with van der Waals surface area (Å²) in [6, 6.07) is 16.6. The van der Waals surface area contributed by atoms with Crippen LogP contribution in [-0.2, 0) is 42.9 Å². The van der Waals surface area contributed by atoms with Crippen molar-refractivity contribution in [2.75, 3.05) is 6.61 Å². The van der Waals surface area contributed by atoms with Gasteiger partial charge in [-0.3, -0.25) is 24.0 Å². The van der Waals surface area contributed by atoms with Gasteiger partial charge in [0.2, 0.25) is 6.29 Å².